The van der Waals surface area contributed by atoms with Crippen LogP contribution in [0.2, 0.25) is 0 Å². The van der Waals surface area contributed by atoms with Gasteiger partial charge in [0.1, 0.15) is 11.5 Å². The first-order valence-electron chi connectivity index (χ1n) is 9.93. The topological polar surface area (TPSA) is 96.3 Å². The summed E-state index contributed by atoms with van der Waals surface area (Å²) in [6, 6.07) is 13.2. The quantitative estimate of drug-likeness (QED) is 0.243. The van der Waals surface area contributed by atoms with Crippen molar-refractivity contribution in [2.45, 2.75) is 13.0 Å². The highest BCUT2D eigenvalue weighted by atomic mass is 79.9. The SMILES string of the molecule is CCOc1ccc(/C(O)=C2/C(=O)C(=O)N(CCOCCO)C2c2cccc(Br)c2)cc1. The number of aliphatic hydroxyl groups is 2. The van der Waals surface area contributed by atoms with E-state index < -0.39 is 17.7 Å². The van der Waals surface area contributed by atoms with Crippen LogP contribution in [0.3, 0.4) is 0 Å². The Balaban J connectivity index is 2.03. The molecule has 0 spiro atoms. The third-order valence-electron chi connectivity index (χ3n) is 4.86. The van der Waals surface area contributed by atoms with Gasteiger partial charge in [-0.3, -0.25) is 9.59 Å². The molecule has 0 aliphatic carbocycles. The summed E-state index contributed by atoms with van der Waals surface area (Å²) in [4.78, 5) is 27.1. The number of carbonyl (C=O) groups excluding carboxylic acids is 2. The smallest absolute Gasteiger partial charge is 0.295 e. The molecule has 164 valence electrons. The van der Waals surface area contributed by atoms with Crippen molar-refractivity contribution < 1.29 is 29.3 Å². The van der Waals surface area contributed by atoms with Crippen molar-refractivity contribution in [1.29, 1.82) is 0 Å². The van der Waals surface area contributed by atoms with Gasteiger partial charge >= 0.3 is 0 Å². The number of nitrogens with zero attached hydrogens (tertiary/aromatic N) is 1. The van der Waals surface area contributed by atoms with Gasteiger partial charge in [-0.05, 0) is 48.9 Å². The predicted molar refractivity (Wildman–Crippen MR) is 119 cm³/mol. The van der Waals surface area contributed by atoms with Gasteiger partial charge in [0.05, 0.1) is 38.0 Å². The number of amides is 1. The molecule has 2 aromatic carbocycles. The van der Waals surface area contributed by atoms with E-state index in [-0.39, 0.29) is 37.7 Å². The van der Waals surface area contributed by atoms with Gasteiger partial charge in [0, 0.05) is 16.6 Å². The van der Waals surface area contributed by atoms with Crippen LogP contribution >= 0.6 is 15.9 Å². The molecule has 8 heteroatoms. The summed E-state index contributed by atoms with van der Waals surface area (Å²) >= 11 is 3.42. The minimum absolute atomic E-state index is 0.0226. The Bertz CT molecular complexity index is 972. The van der Waals surface area contributed by atoms with E-state index in [1.54, 1.807) is 36.4 Å². The summed E-state index contributed by atoms with van der Waals surface area (Å²) < 4.78 is 11.5. The van der Waals surface area contributed by atoms with Crippen LogP contribution in [-0.4, -0.2) is 59.8 Å². The number of Topliss-reactive ketones (excluding diaryl/α,β-unsaturated/α-hetero) is 1. The van der Waals surface area contributed by atoms with Crippen LogP contribution in [-0.2, 0) is 14.3 Å². The Morgan fingerprint density at radius 2 is 1.87 bits per heavy atom. The Kier molecular flexibility index (Phi) is 7.84. The molecular formula is C23H24BrNO6. The standard InChI is InChI=1S/C23H24BrNO6/c1-2-31-18-8-6-15(7-9-18)21(27)19-20(16-4-3-5-17(24)14-16)25(23(29)22(19)28)10-12-30-13-11-26/h3-9,14,20,26-27H,2,10-13H2,1H3/b21-19-. The maximum Gasteiger partial charge on any atom is 0.295 e. The fourth-order valence-electron chi connectivity index (χ4n) is 3.49. The zero-order valence-corrected chi connectivity index (χ0v) is 18.7. The van der Waals surface area contributed by atoms with E-state index >= 15 is 0 Å². The Labute approximate surface area is 189 Å². The van der Waals surface area contributed by atoms with Crippen LogP contribution in [0.5, 0.6) is 5.75 Å². The van der Waals surface area contributed by atoms with Crippen molar-refractivity contribution in [3.05, 3.63) is 69.7 Å². The summed E-state index contributed by atoms with van der Waals surface area (Å²) in [6.45, 7) is 2.68. The highest BCUT2D eigenvalue weighted by Gasteiger charge is 2.45. The lowest BCUT2D eigenvalue weighted by Crippen LogP contribution is -2.33. The van der Waals surface area contributed by atoms with Crippen molar-refractivity contribution in [1.82, 2.24) is 4.90 Å². The molecule has 1 unspecified atom stereocenters. The molecule has 2 N–H and O–H groups in total. The van der Waals surface area contributed by atoms with Gasteiger partial charge in [-0.1, -0.05) is 28.1 Å². The lowest BCUT2D eigenvalue weighted by molar-refractivity contribution is -0.140. The molecule has 0 bridgehead atoms. The van der Waals surface area contributed by atoms with Gasteiger partial charge in [-0.2, -0.15) is 0 Å². The van der Waals surface area contributed by atoms with Gasteiger partial charge in [-0.15, -0.1) is 0 Å². The van der Waals surface area contributed by atoms with E-state index in [2.05, 4.69) is 15.9 Å². The van der Waals surface area contributed by atoms with Crippen LogP contribution in [0.1, 0.15) is 24.1 Å². The fraction of sp³-hybridized carbons (Fsp3) is 0.304. The predicted octanol–water partition coefficient (Wildman–Crippen LogP) is 3.28. The van der Waals surface area contributed by atoms with Crippen molar-refractivity contribution in [3.8, 4) is 5.75 Å². The van der Waals surface area contributed by atoms with E-state index in [0.29, 0.717) is 23.5 Å². The van der Waals surface area contributed by atoms with E-state index in [0.717, 1.165) is 4.47 Å². The van der Waals surface area contributed by atoms with Crippen molar-refractivity contribution >= 4 is 33.4 Å². The maximum atomic E-state index is 12.9. The first-order valence-corrected chi connectivity index (χ1v) is 10.7. The number of aliphatic hydroxyl groups excluding tert-OH is 2. The number of ether oxygens (including phenoxy) is 2. The number of carbonyl (C=O) groups is 2. The van der Waals surface area contributed by atoms with E-state index in [9.17, 15) is 14.7 Å². The maximum absolute atomic E-state index is 12.9. The van der Waals surface area contributed by atoms with Crippen LogP contribution in [0.4, 0.5) is 0 Å². The first-order chi connectivity index (χ1) is 15.0. The molecule has 1 amide bonds. The number of likely N-dealkylation sites (tertiary alicyclic amines) is 1. The second-order valence-corrected chi connectivity index (χ2v) is 7.76. The monoisotopic (exact) mass is 489 g/mol. The lowest BCUT2D eigenvalue weighted by atomic mass is 9.95. The largest absolute Gasteiger partial charge is 0.507 e. The normalized spacial score (nSPS) is 17.9. The van der Waals surface area contributed by atoms with E-state index in [4.69, 9.17) is 14.6 Å². The molecule has 1 heterocycles. The molecular weight excluding hydrogens is 466 g/mol. The molecule has 1 saturated heterocycles. The van der Waals surface area contributed by atoms with Crippen molar-refractivity contribution in [2.24, 2.45) is 0 Å². The van der Waals surface area contributed by atoms with Crippen molar-refractivity contribution in [2.75, 3.05) is 33.0 Å². The molecule has 3 rings (SSSR count). The number of hydrogen-bond acceptors (Lipinski definition) is 6. The average Bonchev–Trinajstić information content (AvgIpc) is 3.02. The molecule has 0 saturated carbocycles. The molecule has 2 aromatic rings. The van der Waals surface area contributed by atoms with Gasteiger partial charge in [0.25, 0.3) is 11.7 Å². The van der Waals surface area contributed by atoms with Crippen LogP contribution in [0.15, 0.2) is 58.6 Å². The van der Waals surface area contributed by atoms with Crippen LogP contribution in [0.25, 0.3) is 5.76 Å². The highest BCUT2D eigenvalue weighted by molar-refractivity contribution is 9.10. The van der Waals surface area contributed by atoms with Gasteiger partial charge in [0.2, 0.25) is 0 Å². The number of rotatable bonds is 9. The van der Waals surface area contributed by atoms with Crippen LogP contribution in [0, 0.1) is 0 Å². The Hall–Kier alpha value is -2.68. The minimum Gasteiger partial charge on any atom is -0.507 e. The Morgan fingerprint density at radius 3 is 2.52 bits per heavy atom. The molecule has 0 aromatic heterocycles. The number of hydrogen-bond donors (Lipinski definition) is 2. The number of halogens is 1. The molecule has 0 radical (unpaired) electrons. The summed E-state index contributed by atoms with van der Waals surface area (Å²) in [5.41, 5.74) is 1.12. The third kappa shape index (κ3) is 5.15. The summed E-state index contributed by atoms with van der Waals surface area (Å²) in [7, 11) is 0. The average molecular weight is 490 g/mol. The van der Waals surface area contributed by atoms with E-state index in [1.165, 1.54) is 4.90 Å². The zero-order valence-electron chi connectivity index (χ0n) is 17.1. The second kappa shape index (κ2) is 10.6. The van der Waals surface area contributed by atoms with E-state index in [1.807, 2.05) is 19.1 Å². The molecule has 1 atom stereocenters. The summed E-state index contributed by atoms with van der Waals surface area (Å²) in [5.74, 6) is -1.06. The first kappa shape index (κ1) is 23.0. The molecule has 1 aliphatic heterocycles. The van der Waals surface area contributed by atoms with Gasteiger partial charge in [0.15, 0.2) is 0 Å². The summed E-state index contributed by atoms with van der Waals surface area (Å²) in [5, 5.41) is 19.9. The lowest BCUT2D eigenvalue weighted by Gasteiger charge is -2.25. The molecule has 1 fully saturated rings. The minimum atomic E-state index is -0.762. The fourth-order valence-corrected chi connectivity index (χ4v) is 3.91. The second-order valence-electron chi connectivity index (χ2n) is 6.84. The summed E-state index contributed by atoms with van der Waals surface area (Å²) in [6.07, 6.45) is 0. The van der Waals surface area contributed by atoms with Crippen molar-refractivity contribution in [3.63, 3.8) is 0 Å². The van der Waals surface area contributed by atoms with Gasteiger partial charge in [-0.25, -0.2) is 0 Å². The molecule has 1 aliphatic rings. The molecule has 31 heavy (non-hydrogen) atoms. The van der Waals surface area contributed by atoms with Gasteiger partial charge < -0.3 is 24.6 Å². The van der Waals surface area contributed by atoms with Crippen LogP contribution < -0.4 is 4.74 Å². The zero-order chi connectivity index (χ0) is 22.4. The highest BCUT2D eigenvalue weighted by Crippen LogP contribution is 2.40. The number of benzene rings is 2. The third-order valence-corrected chi connectivity index (χ3v) is 5.35. The molecule has 7 nitrogen and oxygen atoms in total. The Morgan fingerprint density at radius 1 is 1.13 bits per heavy atom. The number of ketones is 1.